The molecule has 82 valence electrons. The molecule has 0 saturated carbocycles. The van der Waals surface area contributed by atoms with Gasteiger partial charge in [-0.15, -0.1) is 0 Å². The van der Waals surface area contributed by atoms with E-state index >= 15 is 0 Å². The third kappa shape index (κ3) is 3.11. The van der Waals surface area contributed by atoms with Crippen LogP contribution < -0.4 is 5.32 Å². The highest BCUT2D eigenvalue weighted by Crippen LogP contribution is 2.21. The van der Waals surface area contributed by atoms with Gasteiger partial charge in [-0.3, -0.25) is 0 Å². The summed E-state index contributed by atoms with van der Waals surface area (Å²) in [4.78, 5) is 10.7. The zero-order chi connectivity index (χ0) is 11.4. The molecule has 0 aromatic heterocycles. The third-order valence-electron chi connectivity index (χ3n) is 1.89. The van der Waals surface area contributed by atoms with Crippen LogP contribution in [0.1, 0.15) is 17.3 Å². The molecular formula is C10H12ClNO3. The quantitative estimate of drug-likeness (QED) is 0.737. The Morgan fingerprint density at radius 3 is 2.73 bits per heavy atom. The topological polar surface area (TPSA) is 69.6 Å². The summed E-state index contributed by atoms with van der Waals surface area (Å²) in [7, 11) is 0. The number of aromatic carboxylic acids is 1. The number of aliphatic hydroxyl groups is 1. The number of anilines is 1. The van der Waals surface area contributed by atoms with Gasteiger partial charge in [0.1, 0.15) is 0 Å². The van der Waals surface area contributed by atoms with E-state index in [1.54, 1.807) is 13.0 Å². The fraction of sp³-hybridized carbons (Fsp3) is 0.300. The van der Waals surface area contributed by atoms with Gasteiger partial charge >= 0.3 is 5.97 Å². The van der Waals surface area contributed by atoms with Crippen molar-refractivity contribution in [1.29, 1.82) is 0 Å². The number of carboxylic acid groups (broad SMARTS) is 1. The number of carboxylic acids is 1. The maximum Gasteiger partial charge on any atom is 0.337 e. The molecule has 1 rings (SSSR count). The van der Waals surface area contributed by atoms with Crippen LogP contribution >= 0.6 is 11.6 Å². The smallest absolute Gasteiger partial charge is 0.337 e. The highest BCUT2D eigenvalue weighted by Gasteiger charge is 2.09. The van der Waals surface area contributed by atoms with Gasteiger partial charge in [-0.2, -0.15) is 0 Å². The number of halogens is 1. The van der Waals surface area contributed by atoms with Crippen LogP contribution in [0.2, 0.25) is 5.02 Å². The van der Waals surface area contributed by atoms with Gasteiger partial charge in [0.15, 0.2) is 0 Å². The first-order valence-corrected chi connectivity index (χ1v) is 4.82. The summed E-state index contributed by atoms with van der Waals surface area (Å²) in [5.74, 6) is -1.05. The van der Waals surface area contributed by atoms with Crippen molar-refractivity contribution >= 4 is 23.3 Å². The number of carbonyl (C=O) groups is 1. The molecule has 0 aliphatic heterocycles. The Labute approximate surface area is 92.5 Å². The average molecular weight is 230 g/mol. The molecule has 5 heteroatoms. The van der Waals surface area contributed by atoms with Gasteiger partial charge in [0.2, 0.25) is 0 Å². The molecule has 1 unspecified atom stereocenters. The largest absolute Gasteiger partial charge is 0.478 e. The zero-order valence-corrected chi connectivity index (χ0v) is 8.95. The van der Waals surface area contributed by atoms with Crippen LogP contribution in [-0.4, -0.2) is 28.8 Å². The number of benzene rings is 1. The molecular weight excluding hydrogens is 218 g/mol. The Kier molecular flexibility index (Phi) is 3.94. The molecule has 1 aromatic carbocycles. The standard InChI is InChI=1S/C10H12ClNO3/c1-6(5-13)12-7-2-3-8(10(14)15)9(11)4-7/h2-4,6,12-13H,5H2,1H3,(H,14,15). The Hall–Kier alpha value is -1.26. The maximum absolute atomic E-state index is 10.7. The fourth-order valence-corrected chi connectivity index (χ4v) is 1.37. The van der Waals surface area contributed by atoms with E-state index < -0.39 is 5.97 Å². The minimum Gasteiger partial charge on any atom is -0.478 e. The maximum atomic E-state index is 10.7. The Morgan fingerprint density at radius 1 is 1.60 bits per heavy atom. The lowest BCUT2D eigenvalue weighted by atomic mass is 10.2. The molecule has 0 saturated heterocycles. The van der Waals surface area contributed by atoms with Crippen molar-refractivity contribution in [3.63, 3.8) is 0 Å². The second-order valence-electron chi connectivity index (χ2n) is 3.23. The highest BCUT2D eigenvalue weighted by atomic mass is 35.5. The van der Waals surface area contributed by atoms with E-state index in [-0.39, 0.29) is 23.2 Å². The van der Waals surface area contributed by atoms with Crippen LogP contribution in [0.3, 0.4) is 0 Å². The van der Waals surface area contributed by atoms with E-state index in [1.165, 1.54) is 12.1 Å². The van der Waals surface area contributed by atoms with Crippen molar-refractivity contribution in [2.75, 3.05) is 11.9 Å². The zero-order valence-electron chi connectivity index (χ0n) is 8.20. The Morgan fingerprint density at radius 2 is 2.27 bits per heavy atom. The molecule has 4 nitrogen and oxygen atoms in total. The molecule has 0 fully saturated rings. The van der Waals surface area contributed by atoms with Gasteiger partial charge in [0.05, 0.1) is 17.2 Å². The van der Waals surface area contributed by atoms with Crippen LogP contribution in [0.5, 0.6) is 0 Å². The lowest BCUT2D eigenvalue weighted by Crippen LogP contribution is -2.19. The number of nitrogens with one attached hydrogen (secondary N) is 1. The monoisotopic (exact) mass is 229 g/mol. The predicted molar refractivity (Wildman–Crippen MR) is 58.6 cm³/mol. The van der Waals surface area contributed by atoms with Crippen LogP contribution in [0, 0.1) is 0 Å². The van der Waals surface area contributed by atoms with E-state index in [4.69, 9.17) is 21.8 Å². The minimum absolute atomic E-state index is 0.00169. The first kappa shape index (κ1) is 11.8. The van der Waals surface area contributed by atoms with Gasteiger partial charge in [0.25, 0.3) is 0 Å². The molecule has 15 heavy (non-hydrogen) atoms. The molecule has 0 aliphatic rings. The first-order chi connectivity index (χ1) is 7.04. The molecule has 0 amide bonds. The predicted octanol–water partition coefficient (Wildman–Crippen LogP) is 1.83. The van der Waals surface area contributed by atoms with Crippen LogP contribution in [-0.2, 0) is 0 Å². The summed E-state index contributed by atoms with van der Waals surface area (Å²) >= 11 is 5.77. The van der Waals surface area contributed by atoms with Gasteiger partial charge in [-0.25, -0.2) is 4.79 Å². The van der Waals surface area contributed by atoms with Crippen molar-refractivity contribution in [2.45, 2.75) is 13.0 Å². The summed E-state index contributed by atoms with van der Waals surface area (Å²) in [5, 5.41) is 20.7. The Balaban J connectivity index is 2.87. The lowest BCUT2D eigenvalue weighted by Gasteiger charge is -2.12. The molecule has 0 heterocycles. The van der Waals surface area contributed by atoms with Crippen LogP contribution in [0.4, 0.5) is 5.69 Å². The van der Waals surface area contributed by atoms with Gasteiger partial charge in [-0.1, -0.05) is 11.6 Å². The van der Waals surface area contributed by atoms with E-state index in [9.17, 15) is 4.79 Å². The van der Waals surface area contributed by atoms with Gasteiger partial charge in [-0.05, 0) is 25.1 Å². The molecule has 1 atom stereocenters. The van der Waals surface area contributed by atoms with Crippen molar-refractivity contribution in [1.82, 2.24) is 0 Å². The number of rotatable bonds is 4. The van der Waals surface area contributed by atoms with E-state index in [0.717, 1.165) is 0 Å². The average Bonchev–Trinajstić information content (AvgIpc) is 2.17. The number of hydrogen-bond acceptors (Lipinski definition) is 3. The highest BCUT2D eigenvalue weighted by molar-refractivity contribution is 6.33. The van der Waals surface area contributed by atoms with E-state index in [1.807, 2.05) is 0 Å². The fourth-order valence-electron chi connectivity index (χ4n) is 1.11. The summed E-state index contributed by atoms with van der Waals surface area (Å²) in [6.07, 6.45) is 0. The van der Waals surface area contributed by atoms with Crippen LogP contribution in [0.25, 0.3) is 0 Å². The summed E-state index contributed by atoms with van der Waals surface area (Å²) in [6, 6.07) is 4.46. The van der Waals surface area contributed by atoms with Gasteiger partial charge < -0.3 is 15.5 Å². The summed E-state index contributed by atoms with van der Waals surface area (Å²) in [6.45, 7) is 1.80. The molecule has 1 aromatic rings. The van der Waals surface area contributed by atoms with Gasteiger partial charge in [0, 0.05) is 11.7 Å². The van der Waals surface area contributed by atoms with Crippen molar-refractivity contribution in [3.8, 4) is 0 Å². The minimum atomic E-state index is -1.05. The molecule has 0 radical (unpaired) electrons. The second kappa shape index (κ2) is 5.00. The normalized spacial score (nSPS) is 12.2. The second-order valence-corrected chi connectivity index (χ2v) is 3.63. The van der Waals surface area contributed by atoms with Crippen molar-refractivity contribution < 1.29 is 15.0 Å². The molecule has 0 aliphatic carbocycles. The van der Waals surface area contributed by atoms with Crippen LogP contribution in [0.15, 0.2) is 18.2 Å². The van der Waals surface area contributed by atoms with Crippen molar-refractivity contribution in [3.05, 3.63) is 28.8 Å². The number of hydrogen-bond donors (Lipinski definition) is 3. The van der Waals surface area contributed by atoms with E-state index in [2.05, 4.69) is 5.32 Å². The van der Waals surface area contributed by atoms with Crippen molar-refractivity contribution in [2.24, 2.45) is 0 Å². The summed E-state index contributed by atoms with van der Waals surface area (Å²) in [5.41, 5.74) is 0.755. The first-order valence-electron chi connectivity index (χ1n) is 4.45. The lowest BCUT2D eigenvalue weighted by molar-refractivity contribution is 0.0697. The number of aliphatic hydroxyl groups excluding tert-OH is 1. The summed E-state index contributed by atoms with van der Waals surface area (Å²) < 4.78 is 0. The third-order valence-corrected chi connectivity index (χ3v) is 2.20. The molecule has 0 bridgehead atoms. The molecule has 0 spiro atoms. The molecule has 3 N–H and O–H groups in total. The SMILES string of the molecule is CC(CO)Nc1ccc(C(=O)O)c(Cl)c1. The van der Waals surface area contributed by atoms with E-state index in [0.29, 0.717) is 5.69 Å². The Bertz CT molecular complexity index is 368.